The van der Waals surface area contributed by atoms with Crippen LogP contribution in [0, 0.1) is 5.82 Å². The Balaban J connectivity index is 1.86. The molecule has 0 saturated carbocycles. The summed E-state index contributed by atoms with van der Waals surface area (Å²) in [6, 6.07) is 10.8. The average Bonchev–Trinajstić information content (AvgIpc) is 2.67. The topological polar surface area (TPSA) is 85.9 Å². The summed E-state index contributed by atoms with van der Waals surface area (Å²) < 4.78 is 29.1. The molecule has 0 heterocycles. The van der Waals surface area contributed by atoms with Crippen LogP contribution in [-0.4, -0.2) is 32.1 Å². The van der Waals surface area contributed by atoms with Gasteiger partial charge in [0.25, 0.3) is 5.91 Å². The average molecular weight is 376 g/mol. The molecule has 0 fully saturated rings. The molecule has 2 rings (SSSR count). The number of hydrazine groups is 1. The van der Waals surface area contributed by atoms with Gasteiger partial charge in [0.15, 0.2) is 29.2 Å². The summed E-state index contributed by atoms with van der Waals surface area (Å²) in [6.07, 6.45) is -0.980. The Bertz CT molecular complexity index is 812. The van der Waals surface area contributed by atoms with Crippen LogP contribution in [-0.2, 0) is 16.0 Å². The second-order valence-electron chi connectivity index (χ2n) is 5.59. The van der Waals surface area contributed by atoms with E-state index >= 15 is 0 Å². The highest BCUT2D eigenvalue weighted by Crippen LogP contribution is 2.27. The van der Waals surface area contributed by atoms with E-state index in [2.05, 4.69) is 10.9 Å². The molecule has 144 valence electrons. The number of rotatable bonds is 7. The highest BCUT2D eigenvalue weighted by atomic mass is 19.1. The third-order valence-corrected chi connectivity index (χ3v) is 3.65. The first kappa shape index (κ1) is 20.0. The maximum absolute atomic E-state index is 13.5. The Hall–Kier alpha value is -3.29. The SMILES string of the molecule is COc1ccc(CC(=O)NNC(=O)[C@H](C)Oc2ccccc2F)cc1OC. The van der Waals surface area contributed by atoms with Crippen LogP contribution in [0.1, 0.15) is 12.5 Å². The van der Waals surface area contributed by atoms with Gasteiger partial charge in [-0.1, -0.05) is 18.2 Å². The smallest absolute Gasteiger partial charge is 0.279 e. The second-order valence-corrected chi connectivity index (χ2v) is 5.59. The molecule has 2 amide bonds. The fourth-order valence-electron chi connectivity index (χ4n) is 2.24. The Morgan fingerprint density at radius 2 is 1.70 bits per heavy atom. The molecular weight excluding hydrogens is 355 g/mol. The molecule has 1 atom stereocenters. The minimum atomic E-state index is -0.997. The molecule has 8 heteroatoms. The van der Waals surface area contributed by atoms with Gasteiger partial charge in [0, 0.05) is 0 Å². The fraction of sp³-hybridized carbons (Fsp3) is 0.263. The van der Waals surface area contributed by atoms with Gasteiger partial charge in [0.1, 0.15) is 0 Å². The van der Waals surface area contributed by atoms with Gasteiger partial charge in [-0.05, 0) is 36.8 Å². The maximum atomic E-state index is 13.5. The highest BCUT2D eigenvalue weighted by Gasteiger charge is 2.17. The van der Waals surface area contributed by atoms with E-state index in [-0.39, 0.29) is 12.2 Å². The number of ether oxygens (including phenoxy) is 3. The van der Waals surface area contributed by atoms with Crippen molar-refractivity contribution in [3.8, 4) is 17.2 Å². The zero-order valence-corrected chi connectivity index (χ0v) is 15.2. The number of halogens is 1. The third kappa shape index (κ3) is 5.60. The van der Waals surface area contributed by atoms with Crippen molar-refractivity contribution in [1.82, 2.24) is 10.9 Å². The minimum Gasteiger partial charge on any atom is -0.493 e. The van der Waals surface area contributed by atoms with E-state index < -0.39 is 23.7 Å². The predicted molar refractivity (Wildman–Crippen MR) is 96.0 cm³/mol. The molecule has 0 spiro atoms. The number of carbonyl (C=O) groups excluding carboxylic acids is 2. The van der Waals surface area contributed by atoms with E-state index in [1.54, 1.807) is 24.3 Å². The van der Waals surface area contributed by atoms with Crippen molar-refractivity contribution in [3.05, 3.63) is 53.8 Å². The maximum Gasteiger partial charge on any atom is 0.279 e. The van der Waals surface area contributed by atoms with Crippen molar-refractivity contribution in [3.63, 3.8) is 0 Å². The minimum absolute atomic E-state index is 0.0170. The van der Waals surface area contributed by atoms with Crippen LogP contribution in [0.4, 0.5) is 4.39 Å². The van der Waals surface area contributed by atoms with Crippen molar-refractivity contribution in [2.75, 3.05) is 14.2 Å². The zero-order chi connectivity index (χ0) is 19.8. The molecule has 27 heavy (non-hydrogen) atoms. The largest absolute Gasteiger partial charge is 0.493 e. The zero-order valence-electron chi connectivity index (χ0n) is 15.2. The van der Waals surface area contributed by atoms with Crippen LogP contribution >= 0.6 is 0 Å². The van der Waals surface area contributed by atoms with Crippen LogP contribution < -0.4 is 25.1 Å². The number of benzene rings is 2. The van der Waals surface area contributed by atoms with E-state index in [1.807, 2.05) is 0 Å². The van der Waals surface area contributed by atoms with Crippen LogP contribution in [0.25, 0.3) is 0 Å². The molecule has 0 bridgehead atoms. The highest BCUT2D eigenvalue weighted by molar-refractivity contribution is 5.85. The van der Waals surface area contributed by atoms with Gasteiger partial charge in [0.2, 0.25) is 5.91 Å². The molecule has 0 unspecified atom stereocenters. The summed E-state index contributed by atoms with van der Waals surface area (Å²) in [6.45, 7) is 1.45. The molecule has 2 N–H and O–H groups in total. The second kappa shape index (κ2) is 9.42. The predicted octanol–water partition coefficient (Wildman–Crippen LogP) is 2.00. The van der Waals surface area contributed by atoms with Gasteiger partial charge < -0.3 is 14.2 Å². The van der Waals surface area contributed by atoms with Crippen LogP contribution in [0.2, 0.25) is 0 Å². The number of para-hydroxylation sites is 1. The number of hydrogen-bond acceptors (Lipinski definition) is 5. The normalized spacial score (nSPS) is 11.3. The molecule has 0 saturated heterocycles. The number of amides is 2. The van der Waals surface area contributed by atoms with E-state index in [9.17, 15) is 14.0 Å². The van der Waals surface area contributed by atoms with Crippen LogP contribution in [0.3, 0.4) is 0 Å². The van der Waals surface area contributed by atoms with Crippen LogP contribution in [0.15, 0.2) is 42.5 Å². The van der Waals surface area contributed by atoms with E-state index in [0.29, 0.717) is 17.1 Å². The van der Waals surface area contributed by atoms with Gasteiger partial charge in [-0.25, -0.2) is 4.39 Å². The van der Waals surface area contributed by atoms with Crippen LogP contribution in [0.5, 0.6) is 17.2 Å². The molecule has 0 aliphatic rings. The Kier molecular flexibility index (Phi) is 6.99. The van der Waals surface area contributed by atoms with Crippen molar-refractivity contribution in [2.24, 2.45) is 0 Å². The summed E-state index contributed by atoms with van der Waals surface area (Å²) >= 11 is 0. The van der Waals surface area contributed by atoms with Gasteiger partial charge in [0.05, 0.1) is 20.6 Å². The fourth-order valence-corrected chi connectivity index (χ4v) is 2.24. The van der Waals surface area contributed by atoms with Crippen molar-refractivity contribution < 1.29 is 28.2 Å². The van der Waals surface area contributed by atoms with E-state index in [0.717, 1.165) is 0 Å². The molecule has 7 nitrogen and oxygen atoms in total. The molecule has 2 aromatic rings. The molecule has 0 aliphatic heterocycles. The summed E-state index contributed by atoms with van der Waals surface area (Å²) in [5.41, 5.74) is 5.22. The van der Waals surface area contributed by atoms with Gasteiger partial charge in [-0.2, -0.15) is 0 Å². The number of nitrogens with one attached hydrogen (secondary N) is 2. The summed E-state index contributed by atoms with van der Waals surface area (Å²) in [5, 5.41) is 0. The number of methoxy groups -OCH3 is 2. The Morgan fingerprint density at radius 1 is 1.00 bits per heavy atom. The quantitative estimate of drug-likeness (QED) is 0.722. The first-order valence-electron chi connectivity index (χ1n) is 8.15. The van der Waals surface area contributed by atoms with Gasteiger partial charge in [-0.3, -0.25) is 20.4 Å². The molecule has 2 aromatic carbocycles. The first-order chi connectivity index (χ1) is 12.9. The monoisotopic (exact) mass is 376 g/mol. The van der Waals surface area contributed by atoms with Gasteiger partial charge in [-0.15, -0.1) is 0 Å². The number of hydrogen-bond donors (Lipinski definition) is 2. The summed E-state index contributed by atoms with van der Waals surface area (Å²) in [5.74, 6) is -0.619. The molecule has 0 radical (unpaired) electrons. The first-order valence-corrected chi connectivity index (χ1v) is 8.15. The Labute approximate surface area is 156 Å². The van der Waals surface area contributed by atoms with Gasteiger partial charge >= 0.3 is 0 Å². The summed E-state index contributed by atoms with van der Waals surface area (Å²) in [7, 11) is 3.02. The van der Waals surface area contributed by atoms with E-state index in [4.69, 9.17) is 14.2 Å². The molecular formula is C19H21FN2O5. The lowest BCUT2D eigenvalue weighted by atomic mass is 10.1. The van der Waals surface area contributed by atoms with Crippen molar-refractivity contribution in [1.29, 1.82) is 0 Å². The summed E-state index contributed by atoms with van der Waals surface area (Å²) in [4.78, 5) is 24.0. The lowest BCUT2D eigenvalue weighted by Gasteiger charge is -2.15. The van der Waals surface area contributed by atoms with Crippen molar-refractivity contribution in [2.45, 2.75) is 19.4 Å². The molecule has 0 aromatic heterocycles. The molecule has 0 aliphatic carbocycles. The third-order valence-electron chi connectivity index (χ3n) is 3.65. The Morgan fingerprint density at radius 3 is 2.37 bits per heavy atom. The lowest BCUT2D eigenvalue weighted by molar-refractivity contribution is -0.132. The van der Waals surface area contributed by atoms with Crippen molar-refractivity contribution >= 4 is 11.8 Å². The number of carbonyl (C=O) groups is 2. The van der Waals surface area contributed by atoms with E-state index in [1.165, 1.54) is 39.3 Å². The standard InChI is InChI=1S/C19H21FN2O5/c1-12(27-15-7-5-4-6-14(15)20)19(24)22-21-18(23)11-13-8-9-16(25-2)17(10-13)26-3/h4-10,12H,11H2,1-3H3,(H,21,23)(H,22,24)/t12-/m0/s1. The lowest BCUT2D eigenvalue weighted by Crippen LogP contribution is -2.47.